The van der Waals surface area contributed by atoms with Crippen molar-refractivity contribution in [3.63, 3.8) is 0 Å². The van der Waals surface area contributed by atoms with Crippen LogP contribution in [0.25, 0.3) is 27.8 Å². The minimum atomic E-state index is -0.550. The first-order valence-corrected chi connectivity index (χ1v) is 9.67. The lowest BCUT2D eigenvalue weighted by Crippen LogP contribution is -1.94. The Morgan fingerprint density at radius 2 is 1.58 bits per heavy atom. The van der Waals surface area contributed by atoms with Gasteiger partial charge < -0.3 is 10.1 Å². The Morgan fingerprint density at radius 3 is 2.35 bits per heavy atom. The van der Waals surface area contributed by atoms with E-state index in [1.54, 1.807) is 16.9 Å². The second-order valence-corrected chi connectivity index (χ2v) is 6.91. The first-order valence-electron chi connectivity index (χ1n) is 9.67. The molecule has 0 atom stereocenters. The second-order valence-electron chi connectivity index (χ2n) is 6.91. The van der Waals surface area contributed by atoms with E-state index in [1.807, 2.05) is 78.9 Å². The summed E-state index contributed by atoms with van der Waals surface area (Å²) < 4.78 is 1.65. The minimum Gasteiger partial charge on any atom is -0.493 e. The first-order chi connectivity index (χ1) is 15.2. The molecule has 7 heteroatoms. The molecule has 5 rings (SSSR count). The highest BCUT2D eigenvalue weighted by Gasteiger charge is 2.19. The topological polar surface area (TPSA) is 95.6 Å². The summed E-state index contributed by atoms with van der Waals surface area (Å²) in [5.74, 6) is -0.688. The van der Waals surface area contributed by atoms with Crippen molar-refractivity contribution in [2.24, 2.45) is 10.2 Å². The third-order valence-corrected chi connectivity index (χ3v) is 4.91. The van der Waals surface area contributed by atoms with E-state index in [2.05, 4.69) is 20.3 Å². The van der Waals surface area contributed by atoms with Gasteiger partial charge in [0.15, 0.2) is 5.69 Å². The molecule has 0 unspecified atom stereocenters. The number of hydrogen-bond acceptors (Lipinski definition) is 4. The number of nitrogens with zero attached hydrogens (tertiary/aromatic N) is 4. The van der Waals surface area contributed by atoms with Gasteiger partial charge in [-0.15, -0.1) is 10.2 Å². The molecule has 150 valence electrons. The molecule has 1 amide bonds. The number of aromatic amines is 1. The fourth-order valence-corrected chi connectivity index (χ4v) is 3.42. The summed E-state index contributed by atoms with van der Waals surface area (Å²) in [5, 5.41) is 23.4. The van der Waals surface area contributed by atoms with Gasteiger partial charge in [0.2, 0.25) is 5.88 Å². The number of nitrogens with one attached hydrogen (secondary N) is 1. The third-order valence-electron chi connectivity index (χ3n) is 4.91. The van der Waals surface area contributed by atoms with Crippen molar-refractivity contribution in [2.75, 3.05) is 0 Å². The zero-order chi connectivity index (χ0) is 21.2. The van der Waals surface area contributed by atoms with E-state index in [4.69, 9.17) is 0 Å². The van der Waals surface area contributed by atoms with Crippen molar-refractivity contribution in [3.05, 3.63) is 96.7 Å². The average Bonchev–Trinajstić information content (AvgIpc) is 3.40. The van der Waals surface area contributed by atoms with E-state index in [0.717, 1.165) is 11.3 Å². The quantitative estimate of drug-likeness (QED) is 0.377. The molecule has 2 aromatic heterocycles. The number of fused-ring (bicyclic) bond motifs is 1. The van der Waals surface area contributed by atoms with Crippen LogP contribution in [0.3, 0.4) is 0 Å². The van der Waals surface area contributed by atoms with Gasteiger partial charge in [0.25, 0.3) is 5.91 Å². The number of aromatic hydroxyl groups is 1. The normalized spacial score (nSPS) is 11.4. The van der Waals surface area contributed by atoms with Crippen molar-refractivity contribution in [1.82, 2.24) is 14.8 Å². The highest BCUT2D eigenvalue weighted by Crippen LogP contribution is 2.35. The van der Waals surface area contributed by atoms with Crippen LogP contribution in [0.5, 0.6) is 5.88 Å². The molecule has 2 heterocycles. The van der Waals surface area contributed by atoms with Crippen molar-refractivity contribution in [3.8, 4) is 22.8 Å². The van der Waals surface area contributed by atoms with Gasteiger partial charge in [0.05, 0.1) is 16.8 Å². The minimum absolute atomic E-state index is 0.138. The number of carbonyl (C=O) groups excluding carboxylic acids is 1. The van der Waals surface area contributed by atoms with E-state index in [9.17, 15) is 9.90 Å². The van der Waals surface area contributed by atoms with Gasteiger partial charge >= 0.3 is 0 Å². The number of aromatic nitrogens is 3. The Hall–Kier alpha value is -4.52. The zero-order valence-electron chi connectivity index (χ0n) is 16.3. The van der Waals surface area contributed by atoms with Crippen LogP contribution in [0, 0.1) is 0 Å². The van der Waals surface area contributed by atoms with Crippen molar-refractivity contribution in [2.45, 2.75) is 0 Å². The van der Waals surface area contributed by atoms with Crippen molar-refractivity contribution in [1.29, 1.82) is 0 Å². The van der Waals surface area contributed by atoms with Gasteiger partial charge in [-0.05, 0) is 18.2 Å². The maximum absolute atomic E-state index is 13.0. The Morgan fingerprint density at radius 1 is 0.903 bits per heavy atom. The van der Waals surface area contributed by atoms with E-state index in [1.165, 1.54) is 0 Å². The standard InChI is InChI=1S/C24H17N5O2/c30-23(27-26-22-18-13-7-8-14-20(18)25-24(22)31)19-15-29(17-11-5-2-6-12-17)28-21(19)16-9-3-1-4-10-16/h1-15,25,31H. The molecule has 0 aliphatic carbocycles. The van der Waals surface area contributed by atoms with E-state index in [0.29, 0.717) is 22.2 Å². The number of rotatable bonds is 4. The van der Waals surface area contributed by atoms with E-state index < -0.39 is 5.91 Å². The fraction of sp³-hybridized carbons (Fsp3) is 0. The lowest BCUT2D eigenvalue weighted by molar-refractivity contribution is 0.0995. The molecule has 0 radical (unpaired) electrons. The predicted molar refractivity (Wildman–Crippen MR) is 118 cm³/mol. The summed E-state index contributed by atoms with van der Waals surface area (Å²) in [6, 6.07) is 26.3. The van der Waals surface area contributed by atoms with Crippen LogP contribution in [0.2, 0.25) is 0 Å². The number of azo groups is 1. The number of H-pyrrole nitrogens is 1. The van der Waals surface area contributed by atoms with Gasteiger partial charge in [-0.25, -0.2) is 4.68 Å². The highest BCUT2D eigenvalue weighted by molar-refractivity contribution is 6.01. The molecule has 0 fully saturated rings. The lowest BCUT2D eigenvalue weighted by Gasteiger charge is -2.00. The Labute approximate surface area is 177 Å². The van der Waals surface area contributed by atoms with Crippen LogP contribution < -0.4 is 0 Å². The molecule has 0 saturated heterocycles. The molecule has 0 saturated carbocycles. The number of amides is 1. The Kier molecular flexibility index (Phi) is 4.61. The summed E-state index contributed by atoms with van der Waals surface area (Å²) in [6.45, 7) is 0. The second kappa shape index (κ2) is 7.72. The largest absolute Gasteiger partial charge is 0.493 e. The molecule has 2 N–H and O–H groups in total. The molecular formula is C24H17N5O2. The van der Waals surface area contributed by atoms with Gasteiger partial charge in [-0.3, -0.25) is 4.79 Å². The Balaban J connectivity index is 1.57. The third kappa shape index (κ3) is 3.49. The summed E-state index contributed by atoms with van der Waals surface area (Å²) in [5.41, 5.74) is 3.38. The maximum atomic E-state index is 13.0. The predicted octanol–water partition coefficient (Wildman–Crippen LogP) is 5.65. The molecular weight excluding hydrogens is 390 g/mol. The van der Waals surface area contributed by atoms with Crippen LogP contribution in [0.15, 0.2) is 101 Å². The maximum Gasteiger partial charge on any atom is 0.299 e. The van der Waals surface area contributed by atoms with Crippen LogP contribution in [-0.4, -0.2) is 25.8 Å². The highest BCUT2D eigenvalue weighted by atomic mass is 16.3. The molecule has 31 heavy (non-hydrogen) atoms. The first kappa shape index (κ1) is 18.5. The van der Waals surface area contributed by atoms with Crippen LogP contribution in [-0.2, 0) is 0 Å². The van der Waals surface area contributed by atoms with Gasteiger partial charge in [-0.2, -0.15) is 5.10 Å². The SMILES string of the molecule is O=C(N=Nc1c(O)[nH]c2ccccc12)c1cn(-c2ccccc2)nc1-c1ccccc1. The summed E-state index contributed by atoms with van der Waals surface area (Å²) in [7, 11) is 0. The fourth-order valence-electron chi connectivity index (χ4n) is 3.42. The Bertz CT molecular complexity index is 1400. The molecule has 0 aliphatic rings. The summed E-state index contributed by atoms with van der Waals surface area (Å²) in [6.07, 6.45) is 1.65. The van der Waals surface area contributed by atoms with Crippen molar-refractivity contribution >= 4 is 22.5 Å². The number of benzene rings is 3. The van der Waals surface area contributed by atoms with Crippen LogP contribution >= 0.6 is 0 Å². The van der Waals surface area contributed by atoms with Gasteiger partial charge in [0, 0.05) is 17.1 Å². The number of hydrogen-bond donors (Lipinski definition) is 2. The number of carbonyl (C=O) groups is 1. The smallest absolute Gasteiger partial charge is 0.299 e. The lowest BCUT2D eigenvalue weighted by atomic mass is 10.1. The van der Waals surface area contributed by atoms with Crippen LogP contribution in [0.4, 0.5) is 5.69 Å². The van der Waals surface area contributed by atoms with Crippen LogP contribution in [0.1, 0.15) is 10.4 Å². The van der Waals surface area contributed by atoms with Gasteiger partial charge in [-0.1, -0.05) is 66.7 Å². The molecule has 7 nitrogen and oxygen atoms in total. The molecule has 5 aromatic rings. The van der Waals surface area contributed by atoms with Gasteiger partial charge in [0.1, 0.15) is 5.69 Å². The summed E-state index contributed by atoms with van der Waals surface area (Å²) >= 11 is 0. The zero-order valence-corrected chi connectivity index (χ0v) is 16.3. The van der Waals surface area contributed by atoms with E-state index >= 15 is 0 Å². The van der Waals surface area contributed by atoms with E-state index in [-0.39, 0.29) is 11.6 Å². The summed E-state index contributed by atoms with van der Waals surface area (Å²) in [4.78, 5) is 15.8. The molecule has 3 aromatic carbocycles. The van der Waals surface area contributed by atoms with Crippen molar-refractivity contribution < 1.29 is 9.90 Å². The number of para-hydroxylation sites is 2. The molecule has 0 spiro atoms. The molecule has 0 bridgehead atoms. The monoisotopic (exact) mass is 407 g/mol. The molecule has 0 aliphatic heterocycles. The average molecular weight is 407 g/mol.